The Morgan fingerprint density at radius 3 is 2.75 bits per heavy atom. The number of rotatable bonds is 3. The summed E-state index contributed by atoms with van der Waals surface area (Å²) < 4.78 is 4.58. The summed E-state index contributed by atoms with van der Waals surface area (Å²) >= 11 is 5.97. The van der Waals surface area contributed by atoms with E-state index in [0.29, 0.717) is 16.1 Å². The Morgan fingerprint density at radius 1 is 1.56 bits per heavy atom. The van der Waals surface area contributed by atoms with E-state index in [0.717, 1.165) is 12.0 Å². The molecule has 1 rings (SSSR count). The highest BCUT2D eigenvalue weighted by molar-refractivity contribution is 6.31. The lowest BCUT2D eigenvalue weighted by atomic mass is 10.0. The summed E-state index contributed by atoms with van der Waals surface area (Å²) in [4.78, 5) is 11.2. The van der Waals surface area contributed by atoms with E-state index in [4.69, 9.17) is 16.9 Å². The van der Waals surface area contributed by atoms with Gasteiger partial charge in [0.25, 0.3) is 0 Å². The number of halogens is 1. The van der Waals surface area contributed by atoms with E-state index < -0.39 is 0 Å². The third-order valence-electron chi connectivity index (χ3n) is 2.31. The van der Waals surface area contributed by atoms with Crippen molar-refractivity contribution in [3.05, 3.63) is 33.8 Å². The second-order valence-corrected chi connectivity index (χ2v) is 3.74. The molecule has 1 aromatic rings. The van der Waals surface area contributed by atoms with Gasteiger partial charge >= 0.3 is 5.97 Å². The summed E-state index contributed by atoms with van der Waals surface area (Å²) in [5.41, 5.74) is 1.98. The molecule has 0 unspecified atom stereocenters. The molecule has 0 radical (unpaired) electrons. The Morgan fingerprint density at radius 2 is 2.25 bits per heavy atom. The summed E-state index contributed by atoms with van der Waals surface area (Å²) in [7, 11) is 1.32. The maximum atomic E-state index is 11.2. The molecule has 0 atom stereocenters. The lowest BCUT2D eigenvalue weighted by Gasteiger charge is -2.07. The first kappa shape index (κ1) is 12.5. The summed E-state index contributed by atoms with van der Waals surface area (Å²) in [6, 6.07) is 5.58. The number of benzene rings is 1. The van der Waals surface area contributed by atoms with Crippen molar-refractivity contribution in [1.82, 2.24) is 0 Å². The standard InChI is InChI=1S/C12H12ClNO2/c1-3-8-4-9(6-12(15)16-2)10(7-14)11(13)5-8/h4-5H,3,6H2,1-2H3. The first-order valence-electron chi connectivity index (χ1n) is 4.90. The van der Waals surface area contributed by atoms with Crippen LogP contribution < -0.4 is 0 Å². The van der Waals surface area contributed by atoms with E-state index in [1.807, 2.05) is 19.1 Å². The largest absolute Gasteiger partial charge is 0.469 e. The van der Waals surface area contributed by atoms with E-state index in [2.05, 4.69) is 4.74 Å². The molecular weight excluding hydrogens is 226 g/mol. The minimum absolute atomic E-state index is 0.0763. The molecule has 0 aliphatic carbocycles. The van der Waals surface area contributed by atoms with E-state index in [9.17, 15) is 4.79 Å². The molecule has 0 saturated heterocycles. The number of aryl methyl sites for hydroxylation is 1. The van der Waals surface area contributed by atoms with Crippen LogP contribution in [0.5, 0.6) is 0 Å². The van der Waals surface area contributed by atoms with Crippen molar-refractivity contribution < 1.29 is 9.53 Å². The van der Waals surface area contributed by atoms with Gasteiger partial charge in [-0.2, -0.15) is 5.26 Å². The Bertz CT molecular complexity index is 449. The normalized spacial score (nSPS) is 9.62. The number of nitrogens with zero attached hydrogens (tertiary/aromatic N) is 1. The van der Waals surface area contributed by atoms with Gasteiger partial charge < -0.3 is 4.74 Å². The molecule has 1 aromatic carbocycles. The number of carbonyl (C=O) groups excluding carboxylic acids is 1. The predicted molar refractivity (Wildman–Crippen MR) is 61.3 cm³/mol. The minimum Gasteiger partial charge on any atom is -0.469 e. The molecule has 84 valence electrons. The van der Waals surface area contributed by atoms with Crippen LogP contribution in [-0.4, -0.2) is 13.1 Å². The second-order valence-electron chi connectivity index (χ2n) is 3.33. The molecule has 0 saturated carbocycles. The van der Waals surface area contributed by atoms with Crippen LogP contribution >= 0.6 is 11.6 Å². The fourth-order valence-electron chi connectivity index (χ4n) is 1.42. The van der Waals surface area contributed by atoms with E-state index in [1.165, 1.54) is 7.11 Å². The fourth-order valence-corrected chi connectivity index (χ4v) is 1.73. The number of ether oxygens (including phenoxy) is 1. The van der Waals surface area contributed by atoms with Crippen LogP contribution in [0, 0.1) is 11.3 Å². The van der Waals surface area contributed by atoms with Gasteiger partial charge in [0.05, 0.1) is 24.1 Å². The van der Waals surface area contributed by atoms with Crippen molar-refractivity contribution in [2.24, 2.45) is 0 Å². The second kappa shape index (κ2) is 5.53. The number of hydrogen-bond acceptors (Lipinski definition) is 3. The van der Waals surface area contributed by atoms with E-state index in [1.54, 1.807) is 6.07 Å². The van der Waals surface area contributed by atoms with Crippen molar-refractivity contribution in [3.63, 3.8) is 0 Å². The number of nitriles is 1. The van der Waals surface area contributed by atoms with Gasteiger partial charge in [-0.05, 0) is 23.6 Å². The van der Waals surface area contributed by atoms with Gasteiger partial charge in [0.15, 0.2) is 0 Å². The van der Waals surface area contributed by atoms with Crippen molar-refractivity contribution in [2.45, 2.75) is 19.8 Å². The monoisotopic (exact) mass is 237 g/mol. The van der Waals surface area contributed by atoms with Crippen LogP contribution in [0.4, 0.5) is 0 Å². The number of hydrogen-bond donors (Lipinski definition) is 0. The van der Waals surface area contributed by atoms with Crippen LogP contribution in [0.1, 0.15) is 23.6 Å². The molecule has 0 aliphatic rings. The van der Waals surface area contributed by atoms with Gasteiger partial charge in [-0.15, -0.1) is 0 Å². The van der Waals surface area contributed by atoms with Crippen molar-refractivity contribution in [2.75, 3.05) is 7.11 Å². The fraction of sp³-hybridized carbons (Fsp3) is 0.333. The molecule has 0 aromatic heterocycles. The first-order valence-corrected chi connectivity index (χ1v) is 5.28. The molecule has 0 spiro atoms. The molecule has 0 aliphatic heterocycles. The third kappa shape index (κ3) is 2.74. The Hall–Kier alpha value is -1.53. The zero-order valence-corrected chi connectivity index (χ0v) is 9.97. The smallest absolute Gasteiger partial charge is 0.310 e. The van der Waals surface area contributed by atoms with Crippen LogP contribution in [-0.2, 0) is 22.4 Å². The number of methoxy groups -OCH3 is 1. The Balaban J connectivity index is 3.19. The highest BCUT2D eigenvalue weighted by Crippen LogP contribution is 2.23. The van der Waals surface area contributed by atoms with Gasteiger partial charge in [-0.3, -0.25) is 4.79 Å². The third-order valence-corrected chi connectivity index (χ3v) is 2.61. The molecule has 4 heteroatoms. The molecular formula is C12H12ClNO2. The molecule has 16 heavy (non-hydrogen) atoms. The highest BCUT2D eigenvalue weighted by Gasteiger charge is 2.12. The summed E-state index contributed by atoms with van der Waals surface area (Å²) in [6.07, 6.45) is 0.882. The topological polar surface area (TPSA) is 50.1 Å². The average Bonchev–Trinajstić information content (AvgIpc) is 2.28. The Labute approximate surface area is 99.6 Å². The highest BCUT2D eigenvalue weighted by atomic mass is 35.5. The quantitative estimate of drug-likeness (QED) is 0.759. The van der Waals surface area contributed by atoms with Crippen LogP contribution in [0.2, 0.25) is 5.02 Å². The van der Waals surface area contributed by atoms with Crippen molar-refractivity contribution >= 4 is 17.6 Å². The number of carbonyl (C=O) groups is 1. The summed E-state index contributed by atoms with van der Waals surface area (Å²) in [5.74, 6) is -0.374. The van der Waals surface area contributed by atoms with Crippen molar-refractivity contribution in [1.29, 1.82) is 5.26 Å². The number of esters is 1. The van der Waals surface area contributed by atoms with E-state index >= 15 is 0 Å². The Kier molecular flexibility index (Phi) is 4.33. The lowest BCUT2D eigenvalue weighted by molar-refractivity contribution is -0.139. The van der Waals surface area contributed by atoms with Gasteiger partial charge in [-0.25, -0.2) is 0 Å². The zero-order valence-electron chi connectivity index (χ0n) is 9.21. The predicted octanol–water partition coefficient (Wildman–Crippen LogP) is 2.49. The lowest BCUT2D eigenvalue weighted by Crippen LogP contribution is -2.07. The van der Waals surface area contributed by atoms with Gasteiger partial charge in [0.2, 0.25) is 0 Å². The molecule has 0 fully saturated rings. The maximum absolute atomic E-state index is 11.2. The van der Waals surface area contributed by atoms with E-state index in [-0.39, 0.29) is 12.4 Å². The molecule has 0 bridgehead atoms. The molecule has 0 amide bonds. The van der Waals surface area contributed by atoms with Crippen LogP contribution in [0.25, 0.3) is 0 Å². The summed E-state index contributed by atoms with van der Waals surface area (Å²) in [5, 5.41) is 9.35. The molecule has 0 N–H and O–H groups in total. The zero-order chi connectivity index (χ0) is 12.1. The van der Waals surface area contributed by atoms with Gasteiger partial charge in [-0.1, -0.05) is 24.6 Å². The van der Waals surface area contributed by atoms with Crippen LogP contribution in [0.15, 0.2) is 12.1 Å². The SMILES string of the molecule is CCc1cc(Cl)c(C#N)c(CC(=O)OC)c1. The van der Waals surface area contributed by atoms with Gasteiger partial charge in [0, 0.05) is 0 Å². The van der Waals surface area contributed by atoms with Crippen molar-refractivity contribution in [3.8, 4) is 6.07 Å². The molecule has 3 nitrogen and oxygen atoms in total. The molecule has 0 heterocycles. The first-order chi connectivity index (χ1) is 7.62. The minimum atomic E-state index is -0.374. The van der Waals surface area contributed by atoms with Crippen LogP contribution in [0.3, 0.4) is 0 Å². The van der Waals surface area contributed by atoms with Gasteiger partial charge in [0.1, 0.15) is 6.07 Å². The average molecular weight is 238 g/mol. The summed E-state index contributed by atoms with van der Waals surface area (Å²) in [6.45, 7) is 1.99. The maximum Gasteiger partial charge on any atom is 0.310 e.